The molecule has 0 aliphatic rings. The van der Waals surface area contributed by atoms with Crippen LogP contribution >= 0.6 is 11.3 Å². The highest BCUT2D eigenvalue weighted by Gasteiger charge is 1.99. The van der Waals surface area contributed by atoms with E-state index in [0.29, 0.717) is 6.61 Å². The van der Waals surface area contributed by atoms with E-state index in [0.717, 1.165) is 24.6 Å². The molecular weight excluding hydrogens is 318 g/mol. The van der Waals surface area contributed by atoms with Gasteiger partial charge in [-0.3, -0.25) is 0 Å². The Morgan fingerprint density at radius 3 is 2.55 bits per heavy atom. The fraction of sp³-hybridized carbons (Fsp3) is 0.176. The summed E-state index contributed by atoms with van der Waals surface area (Å²) in [6.45, 7) is 2.18. The number of halogens is 1. The van der Waals surface area contributed by atoms with Gasteiger partial charge in [-0.1, -0.05) is 18.2 Å². The Hall–Kier alpha value is -1.75. The smallest absolute Gasteiger partial charge is 0.122 e. The number of ether oxygens (including phenoxy) is 1. The average molecular weight is 335 g/mol. The van der Waals surface area contributed by atoms with Crippen LogP contribution in [-0.2, 0) is 19.7 Å². The van der Waals surface area contributed by atoms with Gasteiger partial charge in [0.05, 0.1) is 12.8 Å². The molecule has 0 bridgehead atoms. The monoisotopic (exact) mass is 334 g/mol. The summed E-state index contributed by atoms with van der Waals surface area (Å²) >= 11 is 1.71. The standard InChI is InChI=1S/C17H17NO2S.ClH/c1-3-16(19-9-1)12-18-11-14-5-7-15(8-6-14)20-13-17-4-2-10-21-17;/h1-10,18H,11-13H2;1H/p-1. The summed E-state index contributed by atoms with van der Waals surface area (Å²) in [5.41, 5.74) is 1.23. The van der Waals surface area contributed by atoms with Gasteiger partial charge in [0.2, 0.25) is 0 Å². The molecular formula is C17H17ClNO2S-. The van der Waals surface area contributed by atoms with Crippen molar-refractivity contribution in [3.63, 3.8) is 0 Å². The molecule has 3 rings (SSSR count). The van der Waals surface area contributed by atoms with E-state index >= 15 is 0 Å². The molecule has 1 aromatic carbocycles. The third kappa shape index (κ3) is 4.91. The highest BCUT2D eigenvalue weighted by Crippen LogP contribution is 2.16. The SMILES string of the molecule is [Cl-].c1coc(CNCc2ccc(OCc3cccs3)cc2)c1. The summed E-state index contributed by atoms with van der Waals surface area (Å²) in [6.07, 6.45) is 1.69. The molecule has 0 spiro atoms. The fourth-order valence-corrected chi connectivity index (χ4v) is 2.61. The minimum atomic E-state index is 0. The van der Waals surface area contributed by atoms with Gasteiger partial charge < -0.3 is 26.9 Å². The number of nitrogens with one attached hydrogen (secondary N) is 1. The Bertz CT molecular complexity index is 636. The second kappa shape index (κ2) is 8.63. The zero-order valence-electron chi connectivity index (χ0n) is 12.0. The van der Waals surface area contributed by atoms with Gasteiger partial charge >= 0.3 is 0 Å². The van der Waals surface area contributed by atoms with Crippen molar-refractivity contribution in [2.75, 3.05) is 0 Å². The summed E-state index contributed by atoms with van der Waals surface area (Å²) in [4.78, 5) is 1.24. The Morgan fingerprint density at radius 2 is 1.86 bits per heavy atom. The number of furan rings is 1. The van der Waals surface area contributed by atoms with E-state index in [2.05, 4.69) is 28.9 Å². The molecule has 3 nitrogen and oxygen atoms in total. The summed E-state index contributed by atoms with van der Waals surface area (Å²) in [7, 11) is 0. The van der Waals surface area contributed by atoms with Crippen LogP contribution < -0.4 is 22.5 Å². The Kier molecular flexibility index (Phi) is 6.52. The first-order chi connectivity index (χ1) is 10.4. The molecule has 1 N–H and O–H groups in total. The third-order valence-electron chi connectivity index (χ3n) is 3.09. The average Bonchev–Trinajstić information content (AvgIpc) is 3.20. The lowest BCUT2D eigenvalue weighted by Crippen LogP contribution is -3.00. The van der Waals surface area contributed by atoms with E-state index in [9.17, 15) is 0 Å². The number of hydrogen-bond donors (Lipinski definition) is 1. The quantitative estimate of drug-likeness (QED) is 0.705. The molecule has 22 heavy (non-hydrogen) atoms. The highest BCUT2D eigenvalue weighted by atomic mass is 35.5. The summed E-state index contributed by atoms with van der Waals surface area (Å²) in [6, 6.07) is 16.2. The lowest BCUT2D eigenvalue weighted by atomic mass is 10.2. The zero-order valence-corrected chi connectivity index (χ0v) is 13.6. The Labute approximate surface area is 140 Å². The summed E-state index contributed by atoms with van der Waals surface area (Å²) in [5.74, 6) is 1.85. The van der Waals surface area contributed by atoms with E-state index in [4.69, 9.17) is 9.15 Å². The number of thiophene rings is 1. The number of benzene rings is 1. The third-order valence-corrected chi connectivity index (χ3v) is 3.94. The van der Waals surface area contributed by atoms with Gasteiger partial charge in [0, 0.05) is 11.4 Å². The normalized spacial score (nSPS) is 10.2. The maximum absolute atomic E-state index is 5.74. The molecule has 0 aliphatic carbocycles. The lowest BCUT2D eigenvalue weighted by Gasteiger charge is -2.07. The molecule has 3 aromatic rings. The largest absolute Gasteiger partial charge is 1.00 e. The van der Waals surface area contributed by atoms with Crippen LogP contribution in [0.1, 0.15) is 16.2 Å². The molecule has 0 unspecified atom stereocenters. The van der Waals surface area contributed by atoms with E-state index in [1.54, 1.807) is 17.6 Å². The lowest BCUT2D eigenvalue weighted by molar-refractivity contribution is -0.00000506. The van der Waals surface area contributed by atoms with Crippen LogP contribution in [0.3, 0.4) is 0 Å². The molecule has 0 saturated heterocycles. The van der Waals surface area contributed by atoms with Crippen LogP contribution in [0.2, 0.25) is 0 Å². The van der Waals surface area contributed by atoms with Crippen molar-refractivity contribution in [1.29, 1.82) is 0 Å². The van der Waals surface area contributed by atoms with Gasteiger partial charge in [-0.05, 0) is 41.3 Å². The van der Waals surface area contributed by atoms with Crippen molar-refractivity contribution >= 4 is 11.3 Å². The van der Waals surface area contributed by atoms with Gasteiger partial charge in [0.1, 0.15) is 18.1 Å². The van der Waals surface area contributed by atoms with Crippen LogP contribution in [-0.4, -0.2) is 0 Å². The number of rotatable bonds is 7. The minimum absolute atomic E-state index is 0. The van der Waals surface area contributed by atoms with E-state index < -0.39 is 0 Å². The first-order valence-corrected chi connectivity index (χ1v) is 7.75. The van der Waals surface area contributed by atoms with Crippen LogP contribution in [0.15, 0.2) is 64.6 Å². The zero-order chi connectivity index (χ0) is 14.3. The Morgan fingerprint density at radius 1 is 1.00 bits per heavy atom. The van der Waals surface area contributed by atoms with Crippen LogP contribution in [0.4, 0.5) is 0 Å². The molecule has 2 heterocycles. The maximum atomic E-state index is 5.74. The minimum Gasteiger partial charge on any atom is -1.00 e. The molecule has 0 fully saturated rings. The van der Waals surface area contributed by atoms with Gasteiger partial charge in [-0.25, -0.2) is 0 Å². The van der Waals surface area contributed by atoms with Crippen molar-refractivity contribution in [1.82, 2.24) is 5.32 Å². The predicted molar refractivity (Wildman–Crippen MR) is 84.3 cm³/mol. The van der Waals surface area contributed by atoms with Crippen LogP contribution in [0.25, 0.3) is 0 Å². The van der Waals surface area contributed by atoms with Crippen LogP contribution in [0.5, 0.6) is 5.75 Å². The first kappa shape index (κ1) is 16.6. The number of hydrogen-bond acceptors (Lipinski definition) is 4. The van der Waals surface area contributed by atoms with Gasteiger partial charge in [0.15, 0.2) is 0 Å². The Balaban J connectivity index is 0.00000176. The summed E-state index contributed by atoms with van der Waals surface area (Å²) < 4.78 is 11.0. The molecule has 0 atom stereocenters. The molecule has 116 valence electrons. The van der Waals surface area contributed by atoms with Gasteiger partial charge in [-0.15, -0.1) is 11.3 Å². The van der Waals surface area contributed by atoms with Crippen molar-refractivity contribution < 1.29 is 21.6 Å². The van der Waals surface area contributed by atoms with Crippen molar-refractivity contribution in [2.45, 2.75) is 19.7 Å². The molecule has 2 aromatic heterocycles. The fourth-order valence-electron chi connectivity index (χ4n) is 2.00. The van der Waals surface area contributed by atoms with E-state index in [1.807, 2.05) is 30.3 Å². The van der Waals surface area contributed by atoms with Crippen molar-refractivity contribution in [2.24, 2.45) is 0 Å². The molecule has 5 heteroatoms. The topological polar surface area (TPSA) is 34.4 Å². The molecule has 0 radical (unpaired) electrons. The summed E-state index contributed by atoms with van der Waals surface area (Å²) in [5, 5.41) is 5.41. The van der Waals surface area contributed by atoms with Crippen LogP contribution in [0, 0.1) is 0 Å². The second-order valence-corrected chi connectivity index (χ2v) is 5.73. The van der Waals surface area contributed by atoms with E-state index in [1.165, 1.54) is 10.4 Å². The van der Waals surface area contributed by atoms with E-state index in [-0.39, 0.29) is 12.4 Å². The van der Waals surface area contributed by atoms with Gasteiger partial charge in [0.25, 0.3) is 0 Å². The molecule has 0 aliphatic heterocycles. The molecule has 0 saturated carbocycles. The first-order valence-electron chi connectivity index (χ1n) is 6.87. The van der Waals surface area contributed by atoms with Gasteiger partial charge in [-0.2, -0.15) is 0 Å². The van der Waals surface area contributed by atoms with Crippen molar-refractivity contribution in [3.8, 4) is 5.75 Å². The predicted octanol–water partition coefficient (Wildman–Crippen LogP) is 1.21. The maximum Gasteiger partial charge on any atom is 0.122 e. The van der Waals surface area contributed by atoms with Crippen molar-refractivity contribution in [3.05, 3.63) is 76.4 Å². The highest BCUT2D eigenvalue weighted by molar-refractivity contribution is 7.09. The second-order valence-electron chi connectivity index (χ2n) is 4.69. The molecule has 0 amide bonds.